The number of carbonyl (C=O) groups is 1. The Labute approximate surface area is 248 Å². The van der Waals surface area contributed by atoms with Crippen LogP contribution in [0.5, 0.6) is 0 Å². The third-order valence-electron chi connectivity index (χ3n) is 8.12. The molecule has 1 N–H and O–H groups in total. The fourth-order valence-corrected chi connectivity index (χ4v) is 10.6. The van der Waals surface area contributed by atoms with E-state index in [0.717, 1.165) is 28.4 Å². The van der Waals surface area contributed by atoms with Gasteiger partial charge in [-0.15, -0.1) is 23.5 Å². The van der Waals surface area contributed by atoms with Crippen molar-refractivity contribution in [2.24, 2.45) is 5.41 Å². The number of nitrogens with zero attached hydrogens (tertiary/aromatic N) is 2. The smallest absolute Gasteiger partial charge is 0.412 e. The number of sulfonamides is 1. The lowest BCUT2D eigenvalue weighted by Crippen LogP contribution is -2.53. The van der Waals surface area contributed by atoms with Crippen molar-refractivity contribution < 1.29 is 27.5 Å². The van der Waals surface area contributed by atoms with Gasteiger partial charge in [0.1, 0.15) is 22.7 Å². The van der Waals surface area contributed by atoms with Crippen LogP contribution in [0.15, 0.2) is 100 Å². The number of rotatable bonds is 7. The van der Waals surface area contributed by atoms with Crippen molar-refractivity contribution >= 4 is 39.6 Å². The molecule has 0 radical (unpaired) electrons. The van der Waals surface area contributed by atoms with Crippen LogP contribution in [-0.2, 0) is 25.4 Å². The normalized spacial score (nSPS) is 24.5. The molecule has 1 spiro atoms. The van der Waals surface area contributed by atoms with E-state index in [1.807, 2.05) is 72.1 Å². The van der Waals surface area contributed by atoms with Crippen LogP contribution < -0.4 is 0 Å². The van der Waals surface area contributed by atoms with Crippen molar-refractivity contribution in [2.75, 3.05) is 31.1 Å². The summed E-state index contributed by atoms with van der Waals surface area (Å²) in [6.07, 6.45) is 2.71. The summed E-state index contributed by atoms with van der Waals surface area (Å²) in [5, 5.41) is 11.9. The maximum absolute atomic E-state index is 13.7. The first-order valence-corrected chi connectivity index (χ1v) is 17.0. The van der Waals surface area contributed by atoms with Crippen molar-refractivity contribution in [2.45, 2.75) is 34.7 Å². The Bertz CT molecular complexity index is 1490. The third kappa shape index (κ3) is 5.34. The van der Waals surface area contributed by atoms with Crippen molar-refractivity contribution in [1.29, 1.82) is 0 Å². The lowest BCUT2D eigenvalue weighted by atomic mass is 9.73. The molecule has 6 rings (SSSR count). The number of aliphatic hydroxyl groups excluding tert-OH is 1. The van der Waals surface area contributed by atoms with Gasteiger partial charge < -0.3 is 14.3 Å². The van der Waals surface area contributed by atoms with Crippen molar-refractivity contribution in [1.82, 2.24) is 9.21 Å². The minimum Gasteiger partial charge on any atom is -0.467 e. The molecule has 3 aliphatic heterocycles. The fraction of sp³-hybridized carbons (Fsp3) is 0.367. The summed E-state index contributed by atoms with van der Waals surface area (Å²) in [5.74, 6) is 2.77. The molecule has 8 nitrogen and oxygen atoms in total. The van der Waals surface area contributed by atoms with Crippen LogP contribution in [0.4, 0.5) is 4.79 Å². The molecular weight excluding hydrogens is 581 g/mol. The van der Waals surface area contributed by atoms with Gasteiger partial charge in [-0.05, 0) is 36.2 Å². The summed E-state index contributed by atoms with van der Waals surface area (Å²) >= 11 is 3.62. The first kappa shape index (κ1) is 28.4. The van der Waals surface area contributed by atoms with E-state index >= 15 is 0 Å². The van der Waals surface area contributed by atoms with Crippen molar-refractivity contribution in [3.8, 4) is 0 Å². The number of hydrogen-bond acceptors (Lipinski definition) is 8. The summed E-state index contributed by atoms with van der Waals surface area (Å²) in [6.45, 7) is 0.577. The first-order valence-electron chi connectivity index (χ1n) is 13.6. The lowest BCUT2D eigenvalue weighted by molar-refractivity contribution is -0.0330. The maximum atomic E-state index is 13.7. The van der Waals surface area contributed by atoms with E-state index in [9.17, 15) is 18.3 Å². The van der Waals surface area contributed by atoms with Crippen LogP contribution in [0.2, 0.25) is 0 Å². The number of benzene rings is 2. The molecule has 41 heavy (non-hydrogen) atoms. The summed E-state index contributed by atoms with van der Waals surface area (Å²) in [5.41, 5.74) is 0.800. The summed E-state index contributed by atoms with van der Waals surface area (Å²) in [6, 6.07) is 21.6. The second-order valence-electron chi connectivity index (χ2n) is 10.5. The number of furan rings is 1. The number of likely N-dealkylation sites (tertiary alicyclic amines) is 1. The van der Waals surface area contributed by atoms with E-state index in [0.29, 0.717) is 12.8 Å². The van der Waals surface area contributed by atoms with E-state index in [2.05, 4.69) is 0 Å². The van der Waals surface area contributed by atoms with Gasteiger partial charge in [-0.1, -0.05) is 60.2 Å². The quantitative estimate of drug-likeness (QED) is 0.360. The summed E-state index contributed by atoms with van der Waals surface area (Å²) in [7, 11) is -3.83. The Kier molecular flexibility index (Phi) is 7.99. The van der Waals surface area contributed by atoms with E-state index in [1.54, 1.807) is 36.6 Å². The predicted molar refractivity (Wildman–Crippen MR) is 160 cm³/mol. The van der Waals surface area contributed by atoms with Crippen LogP contribution in [0.25, 0.3) is 0 Å². The zero-order chi connectivity index (χ0) is 28.5. The largest absolute Gasteiger partial charge is 0.467 e. The van der Waals surface area contributed by atoms with Gasteiger partial charge in [-0.2, -0.15) is 4.31 Å². The highest BCUT2D eigenvalue weighted by atomic mass is 32.2. The number of ether oxygens (including phenoxy) is 1. The number of thioether (sulfide) groups is 2. The van der Waals surface area contributed by atoms with Crippen LogP contribution in [-0.4, -0.2) is 66.2 Å². The molecule has 0 aliphatic carbocycles. The van der Waals surface area contributed by atoms with Crippen LogP contribution in [0.3, 0.4) is 0 Å². The highest BCUT2D eigenvalue weighted by molar-refractivity contribution is 8.20. The third-order valence-corrected chi connectivity index (χ3v) is 13.4. The van der Waals surface area contributed by atoms with Crippen molar-refractivity contribution in [3.63, 3.8) is 0 Å². The Morgan fingerprint density at radius 2 is 1.73 bits per heavy atom. The van der Waals surface area contributed by atoms with Crippen LogP contribution in [0.1, 0.15) is 24.2 Å². The molecule has 3 aromatic rings. The molecule has 4 heterocycles. The minimum absolute atomic E-state index is 0.0588. The van der Waals surface area contributed by atoms with Gasteiger partial charge in [0, 0.05) is 37.6 Å². The summed E-state index contributed by atoms with van der Waals surface area (Å²) < 4.78 is 39.9. The average molecular weight is 613 g/mol. The molecule has 2 fully saturated rings. The molecule has 216 valence electrons. The maximum Gasteiger partial charge on any atom is 0.412 e. The van der Waals surface area contributed by atoms with Gasteiger partial charge in [0.05, 0.1) is 16.6 Å². The predicted octanol–water partition coefficient (Wildman–Crippen LogP) is 5.28. The van der Waals surface area contributed by atoms with Gasteiger partial charge in [-0.25, -0.2) is 13.2 Å². The minimum atomic E-state index is -3.83. The van der Waals surface area contributed by atoms with E-state index in [1.165, 1.54) is 9.21 Å². The number of amides is 1. The van der Waals surface area contributed by atoms with Crippen molar-refractivity contribution in [3.05, 3.63) is 102 Å². The Morgan fingerprint density at radius 3 is 2.41 bits per heavy atom. The first-order chi connectivity index (χ1) is 19.8. The number of hydrogen-bond donors (Lipinski definition) is 1. The SMILES string of the molecule is O=C(OCc1ccccc1)N1CC[C@@]2(CN(S(=O)(=O)c3ccccc3)CC=C2CC2(c3ccco3)SCCS2)C1O. The van der Waals surface area contributed by atoms with Gasteiger partial charge in [0.25, 0.3) is 0 Å². The fourth-order valence-electron chi connectivity index (χ4n) is 5.95. The van der Waals surface area contributed by atoms with E-state index in [-0.39, 0.29) is 35.2 Å². The van der Waals surface area contributed by atoms with Gasteiger partial charge in [0.2, 0.25) is 10.0 Å². The molecule has 1 aromatic heterocycles. The second kappa shape index (κ2) is 11.5. The molecule has 11 heteroatoms. The second-order valence-corrected chi connectivity index (χ2v) is 15.4. The zero-order valence-corrected chi connectivity index (χ0v) is 24.9. The monoisotopic (exact) mass is 612 g/mol. The molecular formula is C30H32N2O6S3. The molecule has 0 saturated carbocycles. The molecule has 2 atom stereocenters. The Morgan fingerprint density at radius 1 is 1.02 bits per heavy atom. The van der Waals surface area contributed by atoms with Gasteiger partial charge in [-0.3, -0.25) is 4.90 Å². The highest BCUT2D eigenvalue weighted by Gasteiger charge is 2.56. The standard InChI is InChI=1S/C30H32N2O6S3/c33-27-29(14-16-32(27)28(34)38-21-23-8-3-1-4-9-23)22-31(41(35,36)25-10-5-2-6-11-25)15-13-24(29)20-30(39-18-19-40-30)26-12-7-17-37-26/h1-13,17,27,33H,14-16,18-22H2/t27?,29-/m0/s1. The topological polar surface area (TPSA) is 100 Å². The van der Waals surface area contributed by atoms with E-state index in [4.69, 9.17) is 9.15 Å². The Hall–Kier alpha value is -2.70. The number of aliphatic hydroxyl groups is 1. The highest BCUT2D eigenvalue weighted by Crippen LogP contribution is 2.59. The zero-order valence-electron chi connectivity index (χ0n) is 22.4. The van der Waals surface area contributed by atoms with Crippen LogP contribution in [0, 0.1) is 5.41 Å². The van der Waals surface area contributed by atoms with Crippen LogP contribution >= 0.6 is 23.5 Å². The number of carbonyl (C=O) groups excluding carboxylic acids is 1. The summed E-state index contributed by atoms with van der Waals surface area (Å²) in [4.78, 5) is 14.8. The Balaban J connectivity index is 1.32. The molecule has 1 unspecified atom stereocenters. The van der Waals surface area contributed by atoms with Gasteiger partial charge >= 0.3 is 6.09 Å². The molecule has 3 aliphatic rings. The molecule has 0 bridgehead atoms. The molecule has 2 saturated heterocycles. The molecule has 2 aromatic carbocycles. The van der Waals surface area contributed by atoms with Gasteiger partial charge in [0.15, 0.2) is 0 Å². The average Bonchev–Trinajstić information content (AvgIpc) is 3.77. The molecule has 1 amide bonds. The lowest BCUT2D eigenvalue weighted by Gasteiger charge is -2.44. The van der Waals surface area contributed by atoms with E-state index < -0.39 is 27.8 Å².